The zero-order valence-electron chi connectivity index (χ0n) is 10.1. The van der Waals surface area contributed by atoms with Gasteiger partial charge >= 0.3 is 0 Å². The lowest BCUT2D eigenvalue weighted by Gasteiger charge is -2.14. The third kappa shape index (κ3) is 3.27. The lowest BCUT2D eigenvalue weighted by Crippen LogP contribution is -2.14. The number of halogens is 1. The number of rotatable bonds is 4. The maximum Gasteiger partial charge on any atom is 0.200 e. The summed E-state index contributed by atoms with van der Waals surface area (Å²) in [7, 11) is 0. The molecule has 1 aliphatic rings. The summed E-state index contributed by atoms with van der Waals surface area (Å²) in [6, 6.07) is 5.41. The van der Waals surface area contributed by atoms with Crippen molar-refractivity contribution in [1.29, 1.82) is 0 Å². The van der Waals surface area contributed by atoms with Crippen molar-refractivity contribution in [3.05, 3.63) is 23.2 Å². The summed E-state index contributed by atoms with van der Waals surface area (Å²) in [6.45, 7) is 5.42. The summed E-state index contributed by atoms with van der Waals surface area (Å²) in [4.78, 5) is 0. The standard InChI is InChI=1S/C13H17ClO3/c1-3-15-12-7-10(4-5-11(12)14)17-13-6-9(2)8-16-13/h4-5,7,9,13H,3,6,8H2,1-2H3/t9-,13?/m1/s1. The van der Waals surface area contributed by atoms with E-state index in [-0.39, 0.29) is 6.29 Å². The van der Waals surface area contributed by atoms with E-state index < -0.39 is 0 Å². The van der Waals surface area contributed by atoms with Crippen molar-refractivity contribution < 1.29 is 14.2 Å². The SMILES string of the molecule is CCOc1cc(OC2C[C@@H](C)CO2)ccc1Cl. The molecule has 1 aromatic carbocycles. The van der Waals surface area contributed by atoms with E-state index in [2.05, 4.69) is 6.92 Å². The highest BCUT2D eigenvalue weighted by Gasteiger charge is 2.23. The Morgan fingerprint density at radius 2 is 2.29 bits per heavy atom. The maximum atomic E-state index is 6.00. The van der Waals surface area contributed by atoms with Gasteiger partial charge in [0.1, 0.15) is 11.5 Å². The Morgan fingerprint density at radius 1 is 1.47 bits per heavy atom. The highest BCUT2D eigenvalue weighted by atomic mass is 35.5. The zero-order valence-corrected chi connectivity index (χ0v) is 10.9. The lowest BCUT2D eigenvalue weighted by molar-refractivity contribution is -0.0394. The molecule has 3 nitrogen and oxygen atoms in total. The third-order valence-corrected chi connectivity index (χ3v) is 2.94. The molecule has 4 heteroatoms. The first-order valence-corrected chi connectivity index (χ1v) is 6.27. The Labute approximate surface area is 107 Å². The molecule has 2 rings (SSSR count). The Morgan fingerprint density at radius 3 is 2.94 bits per heavy atom. The molecule has 1 fully saturated rings. The van der Waals surface area contributed by atoms with Gasteiger partial charge in [-0.3, -0.25) is 0 Å². The van der Waals surface area contributed by atoms with Crippen molar-refractivity contribution in [2.75, 3.05) is 13.2 Å². The Hall–Kier alpha value is -0.930. The molecule has 0 N–H and O–H groups in total. The average molecular weight is 257 g/mol. The van der Waals surface area contributed by atoms with Crippen molar-refractivity contribution in [2.45, 2.75) is 26.6 Å². The van der Waals surface area contributed by atoms with Crippen LogP contribution in [-0.2, 0) is 4.74 Å². The molecule has 0 saturated carbocycles. The fraction of sp³-hybridized carbons (Fsp3) is 0.538. The molecule has 0 aromatic heterocycles. The molecule has 94 valence electrons. The van der Waals surface area contributed by atoms with Crippen LogP contribution in [0.25, 0.3) is 0 Å². The van der Waals surface area contributed by atoms with Crippen LogP contribution in [-0.4, -0.2) is 19.5 Å². The van der Waals surface area contributed by atoms with Crippen molar-refractivity contribution in [3.63, 3.8) is 0 Å². The second-order valence-electron chi connectivity index (χ2n) is 4.25. The molecule has 0 radical (unpaired) electrons. The second kappa shape index (κ2) is 5.61. The quantitative estimate of drug-likeness (QED) is 0.825. The summed E-state index contributed by atoms with van der Waals surface area (Å²) in [5, 5.41) is 0.597. The number of hydrogen-bond acceptors (Lipinski definition) is 3. The van der Waals surface area contributed by atoms with Crippen molar-refractivity contribution in [2.24, 2.45) is 5.92 Å². The summed E-state index contributed by atoms with van der Waals surface area (Å²) >= 11 is 6.00. The predicted octanol–water partition coefficient (Wildman–Crippen LogP) is 3.50. The zero-order chi connectivity index (χ0) is 12.3. The van der Waals surface area contributed by atoms with Crippen LogP contribution in [0.15, 0.2) is 18.2 Å². The molecule has 0 aliphatic carbocycles. The van der Waals surface area contributed by atoms with Crippen LogP contribution >= 0.6 is 11.6 Å². The van der Waals surface area contributed by atoms with Gasteiger partial charge in [-0.15, -0.1) is 0 Å². The van der Waals surface area contributed by atoms with Crippen molar-refractivity contribution >= 4 is 11.6 Å². The molecule has 1 saturated heterocycles. The van der Waals surface area contributed by atoms with E-state index in [1.807, 2.05) is 13.0 Å². The number of ether oxygens (including phenoxy) is 3. The summed E-state index contributed by atoms with van der Waals surface area (Å²) < 4.78 is 16.6. The fourth-order valence-corrected chi connectivity index (χ4v) is 1.97. The Bertz CT molecular complexity index is 381. The van der Waals surface area contributed by atoms with E-state index in [1.54, 1.807) is 12.1 Å². The molecular formula is C13H17ClO3. The van der Waals surface area contributed by atoms with E-state index in [0.29, 0.717) is 23.3 Å². The Kier molecular flexibility index (Phi) is 4.13. The highest BCUT2D eigenvalue weighted by molar-refractivity contribution is 6.32. The molecule has 2 atom stereocenters. The van der Waals surface area contributed by atoms with Gasteiger partial charge in [0, 0.05) is 12.5 Å². The minimum Gasteiger partial charge on any atom is -0.492 e. The highest BCUT2D eigenvalue weighted by Crippen LogP contribution is 2.31. The van der Waals surface area contributed by atoms with Crippen LogP contribution in [0.2, 0.25) is 5.02 Å². The van der Waals surface area contributed by atoms with Gasteiger partial charge in [0.05, 0.1) is 18.2 Å². The summed E-state index contributed by atoms with van der Waals surface area (Å²) in [5.74, 6) is 1.94. The van der Waals surface area contributed by atoms with Crippen LogP contribution in [0.5, 0.6) is 11.5 Å². The fourth-order valence-electron chi connectivity index (χ4n) is 1.79. The smallest absolute Gasteiger partial charge is 0.200 e. The first kappa shape index (κ1) is 12.5. The van der Waals surface area contributed by atoms with Gasteiger partial charge in [0.15, 0.2) is 6.29 Å². The molecule has 0 amide bonds. The summed E-state index contributed by atoms with van der Waals surface area (Å²) in [5.41, 5.74) is 0. The number of hydrogen-bond donors (Lipinski definition) is 0. The van der Waals surface area contributed by atoms with Gasteiger partial charge in [0.25, 0.3) is 0 Å². The van der Waals surface area contributed by atoms with Gasteiger partial charge in [-0.1, -0.05) is 18.5 Å². The lowest BCUT2D eigenvalue weighted by atomic mass is 10.1. The molecule has 1 unspecified atom stereocenters. The third-order valence-electron chi connectivity index (χ3n) is 2.63. The number of benzene rings is 1. The molecule has 0 bridgehead atoms. The van der Waals surface area contributed by atoms with Gasteiger partial charge in [0.2, 0.25) is 0 Å². The van der Waals surface area contributed by atoms with Gasteiger partial charge in [-0.25, -0.2) is 0 Å². The van der Waals surface area contributed by atoms with E-state index in [4.69, 9.17) is 25.8 Å². The van der Waals surface area contributed by atoms with Gasteiger partial charge in [-0.2, -0.15) is 0 Å². The topological polar surface area (TPSA) is 27.7 Å². The summed E-state index contributed by atoms with van der Waals surface area (Å²) in [6.07, 6.45) is 0.771. The normalized spacial score (nSPS) is 23.7. The molecule has 0 spiro atoms. The monoisotopic (exact) mass is 256 g/mol. The van der Waals surface area contributed by atoms with Crippen LogP contribution in [0.4, 0.5) is 0 Å². The van der Waals surface area contributed by atoms with Crippen LogP contribution < -0.4 is 9.47 Å². The molecule has 1 aromatic rings. The molecule has 1 aliphatic heterocycles. The van der Waals surface area contributed by atoms with Gasteiger partial charge < -0.3 is 14.2 Å². The second-order valence-corrected chi connectivity index (χ2v) is 4.65. The van der Waals surface area contributed by atoms with Crippen LogP contribution in [0, 0.1) is 5.92 Å². The van der Waals surface area contributed by atoms with Crippen molar-refractivity contribution in [1.82, 2.24) is 0 Å². The Balaban J connectivity index is 2.03. The van der Waals surface area contributed by atoms with Crippen molar-refractivity contribution in [3.8, 4) is 11.5 Å². The molecule has 17 heavy (non-hydrogen) atoms. The molecule has 1 heterocycles. The van der Waals surface area contributed by atoms with E-state index in [0.717, 1.165) is 18.8 Å². The van der Waals surface area contributed by atoms with Crippen LogP contribution in [0.3, 0.4) is 0 Å². The first-order chi connectivity index (χ1) is 8.19. The van der Waals surface area contributed by atoms with E-state index in [1.165, 1.54) is 0 Å². The largest absolute Gasteiger partial charge is 0.492 e. The van der Waals surface area contributed by atoms with Gasteiger partial charge in [-0.05, 0) is 25.0 Å². The van der Waals surface area contributed by atoms with E-state index in [9.17, 15) is 0 Å². The first-order valence-electron chi connectivity index (χ1n) is 5.89. The molecular weight excluding hydrogens is 240 g/mol. The minimum absolute atomic E-state index is 0.152. The average Bonchev–Trinajstić information content (AvgIpc) is 2.69. The predicted molar refractivity (Wildman–Crippen MR) is 66.8 cm³/mol. The minimum atomic E-state index is -0.152. The maximum absolute atomic E-state index is 6.00. The van der Waals surface area contributed by atoms with Crippen LogP contribution in [0.1, 0.15) is 20.3 Å². The van der Waals surface area contributed by atoms with E-state index >= 15 is 0 Å².